The Morgan fingerprint density at radius 3 is 2.38 bits per heavy atom. The molecule has 0 bridgehead atoms. The Morgan fingerprint density at radius 1 is 1.12 bits per heavy atom. The monoisotopic (exact) mass is 530 g/mol. The molecule has 1 aliphatic rings. The predicted octanol–water partition coefficient (Wildman–Crippen LogP) is 4.94. The number of rotatable bonds is 8. The third-order valence-electron chi connectivity index (χ3n) is 7.04. The summed E-state index contributed by atoms with van der Waals surface area (Å²) in [5, 5.41) is 2.97. The number of carbonyl (C=O) groups excluding carboxylic acids is 1. The molecule has 1 aliphatic carbocycles. The summed E-state index contributed by atoms with van der Waals surface area (Å²) < 4.78 is 0.891. The molecule has 6 nitrogen and oxygen atoms in total. The number of aromatic nitrogens is 1. The zero-order valence-corrected chi connectivity index (χ0v) is 23.0. The van der Waals surface area contributed by atoms with Crippen molar-refractivity contribution in [1.82, 2.24) is 15.2 Å². The van der Waals surface area contributed by atoms with Gasteiger partial charge < -0.3 is 20.1 Å². The first kappa shape index (κ1) is 26.5. The quantitative estimate of drug-likeness (QED) is 0.507. The summed E-state index contributed by atoms with van der Waals surface area (Å²) in [7, 11) is 4.30. The molecule has 1 saturated carbocycles. The zero-order chi connectivity index (χ0) is 25.0. The number of hydrogen-bond acceptors (Lipinski definition) is 4. The van der Waals surface area contributed by atoms with Gasteiger partial charge in [0.05, 0.1) is 0 Å². The standard InChI is InChI=1S/C27H39BrN4O2/c1-7-32(22-10-8-20(9-11-22)16-31(5)6)25-14-21(28)13-23(19(25)4)26(33)29-15-24-17(2)12-18(3)30-27(24)34/h12-14,20,22H,7-11,15-16H2,1-6H3,(H,29,33)(H,30,34). The van der Waals surface area contributed by atoms with Crippen LogP contribution < -0.4 is 15.8 Å². The summed E-state index contributed by atoms with van der Waals surface area (Å²) in [6, 6.07) is 6.43. The SMILES string of the molecule is CCN(c1cc(Br)cc(C(=O)NCc2c(C)cc(C)[nH]c2=O)c1C)C1CCC(CN(C)C)CC1. The van der Waals surface area contributed by atoms with Crippen LogP contribution in [0, 0.1) is 26.7 Å². The smallest absolute Gasteiger partial charge is 0.253 e. The first-order chi connectivity index (χ1) is 16.1. The number of halogens is 1. The van der Waals surface area contributed by atoms with Crippen molar-refractivity contribution in [1.29, 1.82) is 0 Å². The number of H-pyrrole nitrogens is 1. The fraction of sp³-hybridized carbons (Fsp3) is 0.556. The Morgan fingerprint density at radius 2 is 1.79 bits per heavy atom. The molecule has 1 aromatic heterocycles. The largest absolute Gasteiger partial charge is 0.369 e. The molecule has 0 unspecified atom stereocenters. The summed E-state index contributed by atoms with van der Waals surface area (Å²) in [6.45, 7) is 10.2. The van der Waals surface area contributed by atoms with E-state index in [1.165, 1.54) is 25.7 Å². The maximum absolute atomic E-state index is 13.2. The minimum absolute atomic E-state index is 0.147. The fourth-order valence-electron chi connectivity index (χ4n) is 5.34. The van der Waals surface area contributed by atoms with Crippen LogP contribution in [0.4, 0.5) is 5.69 Å². The normalized spacial score (nSPS) is 18.2. The summed E-state index contributed by atoms with van der Waals surface area (Å²) in [5.74, 6) is 0.605. The molecule has 1 aromatic carbocycles. The second-order valence-corrected chi connectivity index (χ2v) is 10.9. The summed E-state index contributed by atoms with van der Waals surface area (Å²) in [5.41, 5.74) is 4.89. The van der Waals surface area contributed by atoms with E-state index in [9.17, 15) is 9.59 Å². The second-order valence-electron chi connectivity index (χ2n) is 9.95. The number of nitrogens with one attached hydrogen (secondary N) is 2. The minimum Gasteiger partial charge on any atom is -0.369 e. The van der Waals surface area contributed by atoms with Crippen molar-refractivity contribution in [3.8, 4) is 0 Å². The lowest BCUT2D eigenvalue weighted by Gasteiger charge is -2.39. The average molecular weight is 532 g/mol. The lowest BCUT2D eigenvalue weighted by Crippen LogP contribution is -2.40. The number of nitrogens with zero attached hydrogens (tertiary/aromatic N) is 2. The maximum Gasteiger partial charge on any atom is 0.253 e. The number of aryl methyl sites for hydroxylation is 2. The molecular formula is C27H39BrN4O2. The highest BCUT2D eigenvalue weighted by molar-refractivity contribution is 9.10. The van der Waals surface area contributed by atoms with E-state index in [0.717, 1.165) is 46.0 Å². The Bertz CT molecular complexity index is 1070. The molecule has 2 N–H and O–H groups in total. The van der Waals surface area contributed by atoms with Gasteiger partial charge in [0, 0.05) is 52.7 Å². The van der Waals surface area contributed by atoms with E-state index in [2.05, 4.69) is 63.1 Å². The third-order valence-corrected chi connectivity index (χ3v) is 7.50. The Balaban J connectivity index is 1.78. The summed E-state index contributed by atoms with van der Waals surface area (Å²) >= 11 is 3.63. The van der Waals surface area contributed by atoms with Crippen molar-refractivity contribution in [3.63, 3.8) is 0 Å². The first-order valence-electron chi connectivity index (χ1n) is 12.3. The van der Waals surface area contributed by atoms with Crippen LogP contribution in [-0.2, 0) is 6.54 Å². The third kappa shape index (κ3) is 6.30. The van der Waals surface area contributed by atoms with Crippen molar-refractivity contribution in [2.24, 2.45) is 5.92 Å². The van der Waals surface area contributed by atoms with Crippen LogP contribution in [0.2, 0.25) is 0 Å². The van der Waals surface area contributed by atoms with Crippen molar-refractivity contribution >= 4 is 27.5 Å². The van der Waals surface area contributed by atoms with Crippen molar-refractivity contribution in [2.45, 2.75) is 66.0 Å². The van der Waals surface area contributed by atoms with Gasteiger partial charge in [-0.05, 0) is 103 Å². The highest BCUT2D eigenvalue weighted by Crippen LogP contribution is 2.35. The van der Waals surface area contributed by atoms with E-state index in [-0.39, 0.29) is 18.0 Å². The van der Waals surface area contributed by atoms with E-state index in [4.69, 9.17) is 0 Å². The van der Waals surface area contributed by atoms with E-state index in [0.29, 0.717) is 17.2 Å². The number of amides is 1. The van der Waals surface area contributed by atoms with Gasteiger partial charge in [0.25, 0.3) is 11.5 Å². The number of hydrogen-bond donors (Lipinski definition) is 2. The molecule has 1 heterocycles. The van der Waals surface area contributed by atoms with E-state index in [1.54, 1.807) is 0 Å². The summed E-state index contributed by atoms with van der Waals surface area (Å²) in [4.78, 5) is 33.1. The van der Waals surface area contributed by atoms with Crippen LogP contribution in [0.25, 0.3) is 0 Å². The minimum atomic E-state index is -0.162. The number of aromatic amines is 1. The molecule has 1 fully saturated rings. The van der Waals surface area contributed by atoms with Gasteiger partial charge in [-0.15, -0.1) is 0 Å². The molecule has 0 aliphatic heterocycles. The summed E-state index contributed by atoms with van der Waals surface area (Å²) in [6.07, 6.45) is 4.83. The van der Waals surface area contributed by atoms with E-state index < -0.39 is 0 Å². The average Bonchev–Trinajstić information content (AvgIpc) is 2.76. The van der Waals surface area contributed by atoms with Gasteiger partial charge in [-0.3, -0.25) is 9.59 Å². The number of benzene rings is 1. The van der Waals surface area contributed by atoms with Gasteiger partial charge >= 0.3 is 0 Å². The van der Waals surface area contributed by atoms with Gasteiger partial charge in [-0.2, -0.15) is 0 Å². The molecule has 186 valence electrons. The lowest BCUT2D eigenvalue weighted by atomic mass is 9.84. The molecule has 0 saturated heterocycles. The molecule has 0 atom stereocenters. The number of anilines is 1. The fourth-order valence-corrected chi connectivity index (χ4v) is 5.79. The molecule has 1 amide bonds. The molecule has 34 heavy (non-hydrogen) atoms. The molecule has 3 rings (SSSR count). The van der Waals surface area contributed by atoms with Crippen molar-refractivity contribution in [3.05, 3.63) is 61.0 Å². The first-order valence-corrected chi connectivity index (χ1v) is 13.1. The molecule has 0 spiro atoms. The van der Waals surface area contributed by atoms with Gasteiger partial charge in [0.1, 0.15) is 0 Å². The van der Waals surface area contributed by atoms with Crippen LogP contribution >= 0.6 is 15.9 Å². The van der Waals surface area contributed by atoms with E-state index >= 15 is 0 Å². The highest BCUT2D eigenvalue weighted by atomic mass is 79.9. The van der Waals surface area contributed by atoms with Gasteiger partial charge in [0.2, 0.25) is 0 Å². The van der Waals surface area contributed by atoms with Crippen LogP contribution in [0.5, 0.6) is 0 Å². The molecular weight excluding hydrogens is 492 g/mol. The topological polar surface area (TPSA) is 68.4 Å². The molecule has 7 heteroatoms. The number of carbonyl (C=O) groups is 1. The Hall–Kier alpha value is -2.12. The zero-order valence-electron chi connectivity index (χ0n) is 21.4. The molecule has 2 aromatic rings. The number of pyridine rings is 1. The van der Waals surface area contributed by atoms with Gasteiger partial charge in [-0.1, -0.05) is 15.9 Å². The van der Waals surface area contributed by atoms with Gasteiger partial charge in [0.15, 0.2) is 0 Å². The van der Waals surface area contributed by atoms with Crippen LogP contribution in [0.15, 0.2) is 27.5 Å². The van der Waals surface area contributed by atoms with Crippen LogP contribution in [0.1, 0.15) is 65.3 Å². The van der Waals surface area contributed by atoms with Gasteiger partial charge in [-0.25, -0.2) is 0 Å². The molecule has 0 radical (unpaired) electrons. The predicted molar refractivity (Wildman–Crippen MR) is 144 cm³/mol. The lowest BCUT2D eigenvalue weighted by molar-refractivity contribution is 0.0950. The second kappa shape index (κ2) is 11.5. The highest BCUT2D eigenvalue weighted by Gasteiger charge is 2.27. The Kier molecular flexibility index (Phi) is 8.99. The van der Waals surface area contributed by atoms with E-state index in [1.807, 2.05) is 32.9 Å². The van der Waals surface area contributed by atoms with Crippen LogP contribution in [0.3, 0.4) is 0 Å². The maximum atomic E-state index is 13.2. The van der Waals surface area contributed by atoms with Crippen molar-refractivity contribution in [2.75, 3.05) is 32.1 Å². The van der Waals surface area contributed by atoms with Crippen LogP contribution in [-0.4, -0.2) is 49.0 Å². The van der Waals surface area contributed by atoms with Crippen molar-refractivity contribution < 1.29 is 4.79 Å². The Labute approximate surface area is 212 Å².